The molecular formula is C24H23Cl2N3O5. The second-order valence-corrected chi connectivity index (χ2v) is 8.11. The molecule has 0 bridgehead atoms. The third kappa shape index (κ3) is 6.76. The zero-order valence-corrected chi connectivity index (χ0v) is 20.1. The number of nitro benzene ring substituents is 1. The molecule has 0 aliphatic rings. The minimum Gasteiger partial charge on any atom is -0.490 e. The van der Waals surface area contributed by atoms with Crippen molar-refractivity contribution in [2.45, 2.75) is 20.4 Å². The molecular weight excluding hydrogens is 481 g/mol. The standard InChI is InChI=1S/C24H23Cl2N3O5/c1-3-33-22-10-16(13-27-17-5-4-6-19(11-17)29(31)32)9-21(26)24(22)34-14-23(30)28-18-8-7-15(2)20(25)12-18/h4-12,27H,3,13-14H2,1-2H3,(H,28,30). The maximum atomic E-state index is 12.3. The maximum Gasteiger partial charge on any atom is 0.271 e. The van der Waals surface area contributed by atoms with E-state index in [0.717, 1.165) is 11.1 Å². The monoisotopic (exact) mass is 503 g/mol. The number of nitrogens with zero attached hydrogens (tertiary/aromatic N) is 1. The van der Waals surface area contributed by atoms with E-state index in [-0.39, 0.29) is 29.0 Å². The number of carbonyl (C=O) groups excluding carboxylic acids is 1. The summed E-state index contributed by atoms with van der Waals surface area (Å²) >= 11 is 12.5. The van der Waals surface area contributed by atoms with Gasteiger partial charge in [0.1, 0.15) is 0 Å². The molecule has 1 amide bonds. The van der Waals surface area contributed by atoms with Gasteiger partial charge in [0.05, 0.1) is 16.6 Å². The van der Waals surface area contributed by atoms with Crippen LogP contribution >= 0.6 is 23.2 Å². The smallest absolute Gasteiger partial charge is 0.271 e. The highest BCUT2D eigenvalue weighted by Crippen LogP contribution is 2.37. The lowest BCUT2D eigenvalue weighted by atomic mass is 10.2. The third-order valence-electron chi connectivity index (χ3n) is 4.73. The number of hydrogen-bond acceptors (Lipinski definition) is 6. The molecule has 0 radical (unpaired) electrons. The Kier molecular flexibility index (Phi) is 8.56. The van der Waals surface area contributed by atoms with Crippen LogP contribution in [0.25, 0.3) is 0 Å². The predicted octanol–water partition coefficient (Wildman–Crippen LogP) is 6.24. The molecule has 8 nitrogen and oxygen atoms in total. The van der Waals surface area contributed by atoms with E-state index < -0.39 is 4.92 Å². The molecule has 0 fully saturated rings. The summed E-state index contributed by atoms with van der Waals surface area (Å²) in [5.74, 6) is 0.256. The first-order valence-electron chi connectivity index (χ1n) is 10.4. The van der Waals surface area contributed by atoms with Gasteiger partial charge in [0, 0.05) is 35.1 Å². The SMILES string of the molecule is CCOc1cc(CNc2cccc([N+](=O)[O-])c2)cc(Cl)c1OCC(=O)Nc1ccc(C)c(Cl)c1. The Balaban J connectivity index is 1.68. The van der Waals surface area contributed by atoms with E-state index in [0.29, 0.717) is 35.3 Å². The number of halogens is 2. The average molecular weight is 504 g/mol. The molecule has 0 spiro atoms. The van der Waals surface area contributed by atoms with Crippen molar-refractivity contribution in [2.24, 2.45) is 0 Å². The van der Waals surface area contributed by atoms with E-state index in [9.17, 15) is 14.9 Å². The summed E-state index contributed by atoms with van der Waals surface area (Å²) in [5, 5.41) is 17.6. The zero-order chi connectivity index (χ0) is 24.7. The van der Waals surface area contributed by atoms with Gasteiger partial charge in [-0.25, -0.2) is 0 Å². The molecule has 0 aliphatic carbocycles. The van der Waals surface area contributed by atoms with Crippen molar-refractivity contribution in [3.8, 4) is 11.5 Å². The van der Waals surface area contributed by atoms with Gasteiger partial charge in [0.15, 0.2) is 18.1 Å². The number of ether oxygens (including phenoxy) is 2. The largest absolute Gasteiger partial charge is 0.490 e. The Hall–Kier alpha value is -3.49. The number of aryl methyl sites for hydroxylation is 1. The summed E-state index contributed by atoms with van der Waals surface area (Å²) in [6.07, 6.45) is 0. The van der Waals surface area contributed by atoms with Crippen LogP contribution in [-0.2, 0) is 11.3 Å². The van der Waals surface area contributed by atoms with Gasteiger partial charge in [-0.3, -0.25) is 14.9 Å². The lowest BCUT2D eigenvalue weighted by molar-refractivity contribution is -0.384. The van der Waals surface area contributed by atoms with Crippen molar-refractivity contribution >= 4 is 46.2 Å². The first-order valence-corrected chi connectivity index (χ1v) is 11.1. The van der Waals surface area contributed by atoms with Crippen molar-refractivity contribution in [1.82, 2.24) is 0 Å². The van der Waals surface area contributed by atoms with E-state index in [2.05, 4.69) is 10.6 Å². The minimum absolute atomic E-state index is 0.00651. The quantitative estimate of drug-likeness (QED) is 0.250. The van der Waals surface area contributed by atoms with E-state index in [1.807, 2.05) is 19.9 Å². The molecule has 0 unspecified atom stereocenters. The molecule has 0 atom stereocenters. The summed E-state index contributed by atoms with van der Waals surface area (Å²) < 4.78 is 11.3. The molecule has 3 aromatic rings. The first kappa shape index (κ1) is 25.1. The molecule has 10 heteroatoms. The highest BCUT2D eigenvalue weighted by molar-refractivity contribution is 6.32. The number of rotatable bonds is 10. The Morgan fingerprint density at radius 1 is 1.03 bits per heavy atom. The normalized spacial score (nSPS) is 10.5. The van der Waals surface area contributed by atoms with Crippen molar-refractivity contribution in [1.29, 1.82) is 0 Å². The maximum absolute atomic E-state index is 12.3. The average Bonchev–Trinajstić information content (AvgIpc) is 2.80. The van der Waals surface area contributed by atoms with E-state index >= 15 is 0 Å². The molecule has 0 heterocycles. The molecule has 0 saturated carbocycles. The topological polar surface area (TPSA) is 103 Å². The molecule has 0 aliphatic heterocycles. The van der Waals surface area contributed by atoms with Gasteiger partial charge in [-0.2, -0.15) is 0 Å². The Morgan fingerprint density at radius 3 is 2.53 bits per heavy atom. The third-order valence-corrected chi connectivity index (χ3v) is 5.41. The van der Waals surface area contributed by atoms with E-state index in [1.165, 1.54) is 12.1 Å². The van der Waals surface area contributed by atoms with Gasteiger partial charge in [-0.1, -0.05) is 35.3 Å². The van der Waals surface area contributed by atoms with Crippen molar-refractivity contribution < 1.29 is 19.2 Å². The number of nitro groups is 1. The second-order valence-electron chi connectivity index (χ2n) is 7.30. The van der Waals surface area contributed by atoms with Crippen molar-refractivity contribution in [3.63, 3.8) is 0 Å². The van der Waals surface area contributed by atoms with Gasteiger partial charge in [0.25, 0.3) is 11.6 Å². The van der Waals surface area contributed by atoms with Crippen LogP contribution in [0.1, 0.15) is 18.1 Å². The zero-order valence-electron chi connectivity index (χ0n) is 18.6. The summed E-state index contributed by atoms with van der Waals surface area (Å²) in [5.41, 5.74) is 2.82. The van der Waals surface area contributed by atoms with Crippen molar-refractivity contribution in [2.75, 3.05) is 23.8 Å². The highest BCUT2D eigenvalue weighted by Gasteiger charge is 2.15. The van der Waals surface area contributed by atoms with Gasteiger partial charge in [-0.05, 0) is 55.3 Å². The molecule has 3 rings (SSSR count). The first-order chi connectivity index (χ1) is 16.3. The van der Waals surface area contributed by atoms with Crippen LogP contribution in [0.4, 0.5) is 17.1 Å². The predicted molar refractivity (Wildman–Crippen MR) is 133 cm³/mol. The Bertz CT molecular complexity index is 1200. The lowest BCUT2D eigenvalue weighted by Crippen LogP contribution is -2.20. The van der Waals surface area contributed by atoms with Crippen molar-refractivity contribution in [3.05, 3.63) is 85.9 Å². The number of anilines is 2. The number of carbonyl (C=O) groups is 1. The summed E-state index contributed by atoms with van der Waals surface area (Å²) in [6.45, 7) is 4.12. The molecule has 2 N–H and O–H groups in total. The molecule has 0 aromatic heterocycles. The fraction of sp³-hybridized carbons (Fsp3) is 0.208. The Morgan fingerprint density at radius 2 is 1.82 bits per heavy atom. The van der Waals surface area contributed by atoms with Crippen LogP contribution in [0.5, 0.6) is 11.5 Å². The van der Waals surface area contributed by atoms with Crippen LogP contribution < -0.4 is 20.1 Å². The van der Waals surface area contributed by atoms with Crippen LogP contribution in [0.15, 0.2) is 54.6 Å². The van der Waals surface area contributed by atoms with Gasteiger partial charge < -0.3 is 20.1 Å². The van der Waals surface area contributed by atoms with Crippen LogP contribution in [0.2, 0.25) is 10.0 Å². The number of non-ortho nitro benzene ring substituents is 1. The lowest BCUT2D eigenvalue weighted by Gasteiger charge is -2.16. The van der Waals surface area contributed by atoms with Gasteiger partial charge in [0.2, 0.25) is 0 Å². The molecule has 3 aromatic carbocycles. The van der Waals surface area contributed by atoms with E-state index in [1.54, 1.807) is 36.4 Å². The van der Waals surface area contributed by atoms with Crippen LogP contribution in [0.3, 0.4) is 0 Å². The second kappa shape index (κ2) is 11.6. The molecule has 0 saturated heterocycles. The Labute approximate surface area is 206 Å². The molecule has 178 valence electrons. The van der Waals surface area contributed by atoms with Crippen LogP contribution in [0, 0.1) is 17.0 Å². The van der Waals surface area contributed by atoms with E-state index in [4.69, 9.17) is 32.7 Å². The van der Waals surface area contributed by atoms with Gasteiger partial charge >= 0.3 is 0 Å². The number of hydrogen-bond donors (Lipinski definition) is 2. The fourth-order valence-electron chi connectivity index (χ4n) is 3.07. The fourth-order valence-corrected chi connectivity index (χ4v) is 3.53. The van der Waals surface area contributed by atoms with Crippen LogP contribution in [-0.4, -0.2) is 24.0 Å². The number of amides is 1. The van der Waals surface area contributed by atoms with Gasteiger partial charge in [-0.15, -0.1) is 0 Å². The highest BCUT2D eigenvalue weighted by atomic mass is 35.5. The summed E-state index contributed by atoms with van der Waals surface area (Å²) in [7, 11) is 0. The summed E-state index contributed by atoms with van der Waals surface area (Å²) in [6, 6.07) is 14.9. The molecule has 34 heavy (non-hydrogen) atoms. The minimum atomic E-state index is -0.453. The number of benzene rings is 3. The number of nitrogens with one attached hydrogen (secondary N) is 2. The summed E-state index contributed by atoms with van der Waals surface area (Å²) in [4.78, 5) is 22.9.